The fourth-order valence-electron chi connectivity index (χ4n) is 7.02. The van der Waals surface area contributed by atoms with Gasteiger partial charge in [-0.15, -0.1) is 5.10 Å². The van der Waals surface area contributed by atoms with Crippen LogP contribution < -0.4 is 10.3 Å². The summed E-state index contributed by atoms with van der Waals surface area (Å²) in [5, 5.41) is 19.8. The van der Waals surface area contributed by atoms with Crippen LogP contribution in [0.4, 0.5) is 5.69 Å². The van der Waals surface area contributed by atoms with Crippen LogP contribution in [0.3, 0.4) is 0 Å². The van der Waals surface area contributed by atoms with Gasteiger partial charge >= 0.3 is 0 Å². The molecular formula is C35H35N5OS. The van der Waals surface area contributed by atoms with Gasteiger partial charge in [0, 0.05) is 17.5 Å². The van der Waals surface area contributed by atoms with E-state index in [2.05, 4.69) is 102 Å². The van der Waals surface area contributed by atoms with Gasteiger partial charge in [-0.1, -0.05) is 93.6 Å². The van der Waals surface area contributed by atoms with E-state index in [0.717, 1.165) is 41.8 Å². The molecule has 1 saturated heterocycles. The third-order valence-electron chi connectivity index (χ3n) is 10.1. The first-order valence-electron chi connectivity index (χ1n) is 14.7. The molecule has 2 bridgehead atoms. The van der Waals surface area contributed by atoms with E-state index in [0.29, 0.717) is 16.0 Å². The minimum atomic E-state index is -0.136. The smallest absolute Gasteiger partial charge is 0.264 e. The second-order valence-corrected chi connectivity index (χ2v) is 13.5. The van der Waals surface area contributed by atoms with E-state index < -0.39 is 0 Å². The number of hydrazone groups is 1. The molecule has 7 rings (SSSR count). The largest absolute Gasteiger partial charge is 0.299 e. The number of carbonyl (C=O) groups is 1. The number of thioether (sulfide) groups is 1. The van der Waals surface area contributed by atoms with Gasteiger partial charge in [-0.2, -0.15) is 10.2 Å². The number of amides is 1. The molecule has 7 heteroatoms. The summed E-state index contributed by atoms with van der Waals surface area (Å²) >= 11 is 1.35. The Bertz CT molecular complexity index is 1640. The van der Waals surface area contributed by atoms with E-state index >= 15 is 0 Å². The first-order chi connectivity index (χ1) is 20.3. The van der Waals surface area contributed by atoms with E-state index in [-0.39, 0.29) is 22.8 Å². The molecule has 3 aromatic rings. The van der Waals surface area contributed by atoms with Gasteiger partial charge in [0.15, 0.2) is 5.17 Å². The van der Waals surface area contributed by atoms with Crippen LogP contribution in [-0.4, -0.2) is 22.5 Å². The van der Waals surface area contributed by atoms with Crippen molar-refractivity contribution in [1.29, 1.82) is 0 Å². The standard InChI is InChI=1S/C35H35N5OS/c1-34(2)26-18-19-35(34,3)31(21-26)37-38-33-36-32(41)30(42-33)20-23-14-16-27(17-15-23)40-29(25-12-8-5-9-13-25)22-28(39-40)24-10-6-4-7-11-24/h4-17,20,26,29H,18-19,21-22H2,1-3H3,(H,36,38,41)/b30-20-,37-31+. The van der Waals surface area contributed by atoms with Crippen LogP contribution in [0, 0.1) is 16.7 Å². The second kappa shape index (κ2) is 10.4. The van der Waals surface area contributed by atoms with E-state index in [1.54, 1.807) is 0 Å². The fraction of sp³-hybridized carbons (Fsp3) is 0.314. The average molecular weight is 574 g/mol. The topological polar surface area (TPSA) is 69.4 Å². The number of hydrogen-bond donors (Lipinski definition) is 1. The molecule has 4 aliphatic rings. The summed E-state index contributed by atoms with van der Waals surface area (Å²) in [5.41, 5.74) is 6.94. The number of nitrogens with zero attached hydrogens (tertiary/aromatic N) is 4. The van der Waals surface area contributed by atoms with Gasteiger partial charge < -0.3 is 0 Å². The molecule has 3 atom stereocenters. The van der Waals surface area contributed by atoms with E-state index in [9.17, 15) is 4.79 Å². The molecule has 6 nitrogen and oxygen atoms in total. The van der Waals surface area contributed by atoms with E-state index in [1.165, 1.54) is 29.5 Å². The Kier molecular flexibility index (Phi) is 6.65. The van der Waals surface area contributed by atoms with Crippen molar-refractivity contribution in [3.05, 3.63) is 107 Å². The van der Waals surface area contributed by atoms with Crippen LogP contribution in [0.15, 0.2) is 105 Å². The van der Waals surface area contributed by atoms with Crippen LogP contribution >= 0.6 is 11.8 Å². The molecule has 2 heterocycles. The molecule has 2 aliphatic carbocycles. The van der Waals surface area contributed by atoms with Crippen LogP contribution in [0.1, 0.15) is 69.2 Å². The van der Waals surface area contributed by atoms with Crippen LogP contribution in [0.25, 0.3) is 6.08 Å². The van der Waals surface area contributed by atoms with Crippen LogP contribution in [0.5, 0.6) is 0 Å². The lowest BCUT2D eigenvalue weighted by molar-refractivity contribution is -0.115. The third-order valence-corrected chi connectivity index (χ3v) is 11.0. The summed E-state index contributed by atoms with van der Waals surface area (Å²) in [6.07, 6.45) is 6.19. The van der Waals surface area contributed by atoms with Crippen molar-refractivity contribution in [2.75, 3.05) is 5.01 Å². The van der Waals surface area contributed by atoms with E-state index in [1.807, 2.05) is 30.3 Å². The molecule has 0 radical (unpaired) electrons. The Hall–Kier alpha value is -3.97. The van der Waals surface area contributed by atoms with Crippen molar-refractivity contribution >= 4 is 46.0 Å². The summed E-state index contributed by atoms with van der Waals surface area (Å²) < 4.78 is 0. The number of rotatable bonds is 5. The van der Waals surface area contributed by atoms with Crippen molar-refractivity contribution < 1.29 is 4.79 Å². The number of carbonyl (C=O) groups excluding carboxylic acids is 1. The molecule has 1 amide bonds. The number of amidine groups is 1. The third kappa shape index (κ3) is 4.60. The Labute approximate surface area is 251 Å². The molecule has 3 unspecified atom stereocenters. The summed E-state index contributed by atoms with van der Waals surface area (Å²) in [6, 6.07) is 29.3. The minimum absolute atomic E-state index is 0.0934. The first kappa shape index (κ1) is 26.9. The van der Waals surface area contributed by atoms with Crippen molar-refractivity contribution in [3.8, 4) is 0 Å². The van der Waals surface area contributed by atoms with Crippen molar-refractivity contribution in [3.63, 3.8) is 0 Å². The lowest BCUT2D eigenvalue weighted by Crippen LogP contribution is -2.32. The average Bonchev–Trinajstić information content (AvgIpc) is 3.71. The highest BCUT2D eigenvalue weighted by Gasteiger charge is 2.60. The SMILES string of the molecule is CC12CCC(C/C1=N\N=C1/NC(=O)/C(=C/c3ccc(N4N=C(c5ccccc5)CC4c4ccccc4)cc3)S1)C2(C)C. The number of anilines is 1. The molecule has 2 aliphatic heterocycles. The Morgan fingerprint density at radius 2 is 1.64 bits per heavy atom. The van der Waals surface area contributed by atoms with Crippen molar-refractivity contribution in [2.24, 2.45) is 32.1 Å². The predicted molar refractivity (Wildman–Crippen MR) is 174 cm³/mol. The first-order valence-corrected chi connectivity index (χ1v) is 15.6. The van der Waals surface area contributed by atoms with Crippen molar-refractivity contribution in [1.82, 2.24) is 5.32 Å². The maximum absolute atomic E-state index is 12.8. The monoisotopic (exact) mass is 573 g/mol. The number of fused-ring (bicyclic) bond motifs is 2. The molecule has 3 aromatic carbocycles. The second-order valence-electron chi connectivity index (χ2n) is 12.5. The van der Waals surface area contributed by atoms with Gasteiger partial charge in [0.1, 0.15) is 0 Å². The zero-order chi connectivity index (χ0) is 28.9. The van der Waals surface area contributed by atoms with Crippen LogP contribution in [-0.2, 0) is 4.79 Å². The predicted octanol–water partition coefficient (Wildman–Crippen LogP) is 7.80. The van der Waals surface area contributed by atoms with E-state index in [4.69, 9.17) is 5.10 Å². The molecule has 1 N–H and O–H groups in total. The Morgan fingerprint density at radius 3 is 2.31 bits per heavy atom. The highest BCUT2D eigenvalue weighted by Crippen LogP contribution is 2.64. The highest BCUT2D eigenvalue weighted by molar-refractivity contribution is 8.18. The van der Waals surface area contributed by atoms with Gasteiger partial charge in [0.2, 0.25) is 0 Å². The minimum Gasteiger partial charge on any atom is -0.299 e. The van der Waals surface area contributed by atoms with Crippen molar-refractivity contribution in [2.45, 2.75) is 52.5 Å². The summed E-state index contributed by atoms with van der Waals surface area (Å²) in [5.74, 6) is 0.535. The number of benzene rings is 3. The van der Waals surface area contributed by atoms with Gasteiger partial charge in [-0.3, -0.25) is 15.1 Å². The molecule has 42 heavy (non-hydrogen) atoms. The maximum Gasteiger partial charge on any atom is 0.264 e. The quantitative estimate of drug-likeness (QED) is 0.250. The molecule has 0 aromatic heterocycles. The Balaban J connectivity index is 1.10. The highest BCUT2D eigenvalue weighted by atomic mass is 32.2. The number of nitrogens with one attached hydrogen (secondary N) is 1. The lowest BCUT2D eigenvalue weighted by atomic mass is 9.70. The molecule has 0 spiro atoms. The lowest BCUT2D eigenvalue weighted by Gasteiger charge is -2.34. The molecule has 212 valence electrons. The molecule has 2 saturated carbocycles. The van der Waals surface area contributed by atoms with Gasteiger partial charge in [-0.05, 0) is 77.3 Å². The molecular weight excluding hydrogens is 538 g/mol. The summed E-state index contributed by atoms with van der Waals surface area (Å²) in [7, 11) is 0. The number of hydrogen-bond acceptors (Lipinski definition) is 6. The van der Waals surface area contributed by atoms with Gasteiger partial charge in [-0.25, -0.2) is 0 Å². The molecule has 3 fully saturated rings. The zero-order valence-corrected chi connectivity index (χ0v) is 25.1. The van der Waals surface area contributed by atoms with Gasteiger partial charge in [0.25, 0.3) is 5.91 Å². The maximum atomic E-state index is 12.8. The summed E-state index contributed by atoms with van der Waals surface area (Å²) in [6.45, 7) is 7.05. The zero-order valence-electron chi connectivity index (χ0n) is 24.2. The Morgan fingerprint density at radius 1 is 0.929 bits per heavy atom. The summed E-state index contributed by atoms with van der Waals surface area (Å²) in [4.78, 5) is 13.4. The normalized spacial score (nSPS) is 29.1. The van der Waals surface area contributed by atoms with Gasteiger partial charge in [0.05, 0.1) is 22.3 Å². The van der Waals surface area contributed by atoms with Crippen LogP contribution in [0.2, 0.25) is 0 Å². The fourth-order valence-corrected chi connectivity index (χ4v) is 7.80.